The molecule has 4 rings (SSSR count). The summed E-state index contributed by atoms with van der Waals surface area (Å²) in [4.78, 5) is 41.3. The summed E-state index contributed by atoms with van der Waals surface area (Å²) in [5, 5.41) is 6.31. The minimum absolute atomic E-state index is 0.148. The normalized spacial score (nSPS) is 20.2. The zero-order valence-electron chi connectivity index (χ0n) is 16.6. The van der Waals surface area contributed by atoms with Crippen molar-refractivity contribution in [2.24, 2.45) is 0 Å². The molecular formula is C23H25N3O3. The number of carbonyl (C=O) groups is 2. The topological polar surface area (TPSA) is 88.2 Å². The molecular weight excluding hydrogens is 366 g/mol. The molecule has 6 nitrogen and oxygen atoms in total. The maximum atomic E-state index is 12.9. The van der Waals surface area contributed by atoms with E-state index in [2.05, 4.69) is 16.7 Å². The molecule has 1 aromatic carbocycles. The zero-order chi connectivity index (χ0) is 20.4. The molecule has 0 spiro atoms. The van der Waals surface area contributed by atoms with Gasteiger partial charge in [0.05, 0.1) is 11.4 Å². The number of carbonyl (C=O) groups excluding carboxylic acids is 2. The largest absolute Gasteiger partial charge is 0.316 e. The highest BCUT2D eigenvalue weighted by Gasteiger charge is 2.29. The summed E-state index contributed by atoms with van der Waals surface area (Å²) in [6.45, 7) is 3.83. The summed E-state index contributed by atoms with van der Waals surface area (Å²) in [6.07, 6.45) is 5.89. The average Bonchev–Trinajstić information content (AvgIpc) is 3.00. The third-order valence-electron chi connectivity index (χ3n) is 5.74. The molecule has 1 aromatic heterocycles. The van der Waals surface area contributed by atoms with E-state index in [9.17, 15) is 14.4 Å². The number of rotatable bonds is 3. The van der Waals surface area contributed by atoms with Crippen LogP contribution in [0.15, 0.2) is 40.7 Å². The monoisotopic (exact) mass is 391 g/mol. The van der Waals surface area contributed by atoms with E-state index in [1.54, 1.807) is 0 Å². The van der Waals surface area contributed by atoms with E-state index >= 15 is 0 Å². The molecule has 2 aliphatic rings. The second-order valence-corrected chi connectivity index (χ2v) is 7.84. The highest BCUT2D eigenvalue weighted by Crippen LogP contribution is 2.26. The molecule has 3 heterocycles. The molecule has 29 heavy (non-hydrogen) atoms. The number of benzene rings is 1. The molecule has 1 atom stereocenters. The van der Waals surface area contributed by atoms with Gasteiger partial charge in [-0.25, -0.2) is 0 Å². The van der Waals surface area contributed by atoms with E-state index in [0.29, 0.717) is 28.6 Å². The lowest BCUT2D eigenvalue weighted by molar-refractivity contribution is -0.134. The van der Waals surface area contributed by atoms with Gasteiger partial charge in [-0.15, -0.1) is 0 Å². The zero-order valence-corrected chi connectivity index (χ0v) is 16.6. The van der Waals surface area contributed by atoms with Gasteiger partial charge >= 0.3 is 0 Å². The first-order valence-corrected chi connectivity index (χ1v) is 10.2. The lowest BCUT2D eigenvalue weighted by Crippen LogP contribution is -2.39. The van der Waals surface area contributed by atoms with Gasteiger partial charge in [0.1, 0.15) is 0 Å². The van der Waals surface area contributed by atoms with Crippen molar-refractivity contribution in [3.05, 3.63) is 63.0 Å². The molecule has 1 fully saturated rings. The lowest BCUT2D eigenvalue weighted by Gasteiger charge is -2.21. The van der Waals surface area contributed by atoms with E-state index in [0.717, 1.165) is 37.9 Å². The second kappa shape index (κ2) is 8.25. The average molecular weight is 391 g/mol. The summed E-state index contributed by atoms with van der Waals surface area (Å²) in [6, 6.07) is 7.33. The number of aryl methyl sites for hydroxylation is 1. The van der Waals surface area contributed by atoms with Crippen LogP contribution in [0.5, 0.6) is 0 Å². The number of hydrogen-bond acceptors (Lipinski definition) is 5. The van der Waals surface area contributed by atoms with Crippen LogP contribution >= 0.6 is 0 Å². The molecule has 1 saturated heterocycles. The molecule has 0 bridgehead atoms. The predicted octanol–water partition coefficient (Wildman–Crippen LogP) is 2.28. The van der Waals surface area contributed by atoms with Crippen LogP contribution in [0.3, 0.4) is 0 Å². The quantitative estimate of drug-likeness (QED) is 0.619. The van der Waals surface area contributed by atoms with Crippen LogP contribution in [0.1, 0.15) is 48.4 Å². The van der Waals surface area contributed by atoms with E-state index in [-0.39, 0.29) is 23.7 Å². The van der Waals surface area contributed by atoms with E-state index in [1.807, 2.05) is 25.1 Å². The molecule has 150 valence electrons. The summed E-state index contributed by atoms with van der Waals surface area (Å²) in [7, 11) is 0. The molecule has 0 saturated carbocycles. The number of amides is 2. The molecule has 1 unspecified atom stereocenters. The Hall–Kier alpha value is -2.86. The minimum atomic E-state index is -0.516. The highest BCUT2D eigenvalue weighted by molar-refractivity contribution is 6.01. The summed E-state index contributed by atoms with van der Waals surface area (Å²) < 4.78 is 0. The van der Waals surface area contributed by atoms with Gasteiger partial charge in [-0.2, -0.15) is 0 Å². The first kappa shape index (κ1) is 19.5. The van der Waals surface area contributed by atoms with Crippen LogP contribution in [0.25, 0.3) is 10.9 Å². The fourth-order valence-corrected chi connectivity index (χ4v) is 4.18. The molecule has 0 aliphatic carbocycles. The molecule has 2 amide bonds. The van der Waals surface area contributed by atoms with Crippen molar-refractivity contribution >= 4 is 22.7 Å². The van der Waals surface area contributed by atoms with E-state index in [1.165, 1.54) is 11.6 Å². The number of piperidine rings is 1. The number of nitrogens with zero attached hydrogens (tertiary/aromatic N) is 1. The van der Waals surface area contributed by atoms with Crippen LogP contribution in [-0.2, 0) is 16.0 Å². The highest BCUT2D eigenvalue weighted by atomic mass is 16.2. The van der Waals surface area contributed by atoms with Crippen LogP contribution in [0.2, 0.25) is 0 Å². The van der Waals surface area contributed by atoms with Crippen molar-refractivity contribution in [3.8, 4) is 0 Å². The number of hydrogen-bond donors (Lipinski definition) is 2. The third kappa shape index (κ3) is 4.27. The Morgan fingerprint density at radius 3 is 2.79 bits per heavy atom. The smallest absolute Gasteiger partial charge is 0.234 e. The van der Waals surface area contributed by atoms with Crippen molar-refractivity contribution in [3.63, 3.8) is 0 Å². The first-order valence-electron chi connectivity index (χ1n) is 10.2. The Balaban J connectivity index is 1.72. The molecule has 2 aliphatic heterocycles. The van der Waals surface area contributed by atoms with E-state index < -0.39 is 5.92 Å². The summed E-state index contributed by atoms with van der Waals surface area (Å²) >= 11 is 0. The second-order valence-electron chi connectivity index (χ2n) is 7.84. The van der Waals surface area contributed by atoms with Gasteiger partial charge in [0.15, 0.2) is 5.43 Å². The maximum Gasteiger partial charge on any atom is 0.234 e. The fraction of sp³-hybridized carbons (Fsp3) is 0.391. The SMILES string of the molecule is Cc1nc2cc(CC3=CCCNCC3)ccc2c(=O)cc1C1CCC(=O)NC1=O. The summed E-state index contributed by atoms with van der Waals surface area (Å²) in [5.41, 5.74) is 4.29. The Morgan fingerprint density at radius 2 is 1.97 bits per heavy atom. The Kier molecular flexibility index (Phi) is 5.53. The molecule has 2 N–H and O–H groups in total. The maximum absolute atomic E-state index is 12.9. The van der Waals surface area contributed by atoms with Gasteiger partial charge in [0, 0.05) is 17.5 Å². The van der Waals surface area contributed by atoms with Crippen LogP contribution in [-0.4, -0.2) is 29.9 Å². The fourth-order valence-electron chi connectivity index (χ4n) is 4.18. The predicted molar refractivity (Wildman–Crippen MR) is 112 cm³/mol. The molecule has 6 heteroatoms. The van der Waals surface area contributed by atoms with Gasteiger partial charge in [-0.3, -0.25) is 24.7 Å². The van der Waals surface area contributed by atoms with Crippen LogP contribution in [0.4, 0.5) is 0 Å². The van der Waals surface area contributed by atoms with Gasteiger partial charge in [-0.05, 0) is 75.0 Å². The number of imide groups is 1. The van der Waals surface area contributed by atoms with Crippen molar-refractivity contribution in [1.82, 2.24) is 15.6 Å². The number of nitrogens with one attached hydrogen (secondary N) is 2. The number of fused-ring (bicyclic) bond motifs is 1. The van der Waals surface area contributed by atoms with E-state index in [4.69, 9.17) is 4.98 Å². The Bertz CT molecular complexity index is 1070. The summed E-state index contributed by atoms with van der Waals surface area (Å²) in [5.74, 6) is -1.13. The molecule has 0 radical (unpaired) electrons. The van der Waals surface area contributed by atoms with Crippen molar-refractivity contribution in [2.75, 3.05) is 13.1 Å². The Morgan fingerprint density at radius 1 is 1.10 bits per heavy atom. The Labute approximate surface area is 169 Å². The standard InChI is InChI=1S/C23H25N3O3/c1-14-19(17-6-7-22(28)26-23(17)29)13-21(27)18-5-4-16(12-20(18)25-14)11-15-3-2-9-24-10-8-15/h3-5,12-13,17,24H,2,6-11H2,1H3,(H,26,28,29). The van der Waals surface area contributed by atoms with Gasteiger partial charge in [0.2, 0.25) is 11.8 Å². The van der Waals surface area contributed by atoms with Crippen molar-refractivity contribution in [2.45, 2.75) is 44.9 Å². The van der Waals surface area contributed by atoms with Crippen molar-refractivity contribution in [1.29, 1.82) is 0 Å². The van der Waals surface area contributed by atoms with Gasteiger partial charge in [0.25, 0.3) is 0 Å². The van der Waals surface area contributed by atoms with Crippen molar-refractivity contribution < 1.29 is 9.59 Å². The van der Waals surface area contributed by atoms with Gasteiger partial charge < -0.3 is 5.32 Å². The number of aromatic nitrogens is 1. The van der Waals surface area contributed by atoms with Crippen LogP contribution in [0, 0.1) is 6.92 Å². The third-order valence-corrected chi connectivity index (χ3v) is 5.74. The molecule has 2 aromatic rings. The van der Waals surface area contributed by atoms with Crippen LogP contribution < -0.4 is 16.1 Å². The lowest BCUT2D eigenvalue weighted by atomic mass is 9.90. The minimum Gasteiger partial charge on any atom is -0.316 e. The first-order chi connectivity index (χ1) is 14.0. The van der Waals surface area contributed by atoms with Gasteiger partial charge in [-0.1, -0.05) is 17.7 Å².